The molecule has 23 heavy (non-hydrogen) atoms. The zero-order chi connectivity index (χ0) is 16.7. The van der Waals surface area contributed by atoms with Crippen LogP contribution in [0.15, 0.2) is 47.6 Å². The van der Waals surface area contributed by atoms with Crippen LogP contribution in [0.3, 0.4) is 0 Å². The minimum absolute atomic E-state index is 0.187. The zero-order valence-corrected chi connectivity index (χ0v) is 13.4. The third-order valence-corrected chi connectivity index (χ3v) is 3.28. The van der Waals surface area contributed by atoms with E-state index < -0.39 is 5.91 Å². The minimum atomic E-state index is -0.428. The number of carbonyl (C=O) groups excluding carboxylic acids is 1. The highest BCUT2D eigenvalue weighted by molar-refractivity contribution is 6.36. The predicted octanol–water partition coefficient (Wildman–Crippen LogP) is 3.77. The van der Waals surface area contributed by atoms with Crippen molar-refractivity contribution >= 4 is 35.3 Å². The molecule has 0 aliphatic carbocycles. The number of nitrogens with one attached hydrogen (secondary N) is 1. The lowest BCUT2D eigenvalue weighted by atomic mass is 10.2. The first kappa shape index (κ1) is 16.9. The molecule has 2 aromatic rings. The molecule has 0 saturated heterocycles. The number of hydrazone groups is 1. The molecule has 4 nitrogen and oxygen atoms in total. The van der Waals surface area contributed by atoms with E-state index in [4.69, 9.17) is 34.4 Å². The van der Waals surface area contributed by atoms with Gasteiger partial charge in [0.15, 0.2) is 0 Å². The number of rotatable bonds is 5. The van der Waals surface area contributed by atoms with Gasteiger partial charge in [-0.3, -0.25) is 4.79 Å². The first-order valence-corrected chi connectivity index (χ1v) is 7.30. The summed E-state index contributed by atoms with van der Waals surface area (Å²) in [5, 5.41) is 4.61. The van der Waals surface area contributed by atoms with E-state index in [0.717, 1.165) is 5.56 Å². The molecular weight excluding hydrogens is 335 g/mol. The average Bonchev–Trinajstić information content (AvgIpc) is 2.53. The molecule has 116 valence electrons. The summed E-state index contributed by atoms with van der Waals surface area (Å²) in [6.45, 7) is 0.187. The van der Waals surface area contributed by atoms with E-state index in [2.05, 4.69) is 16.4 Å². The Hall–Kier alpha value is -2.48. The summed E-state index contributed by atoms with van der Waals surface area (Å²) in [4.78, 5) is 12.0. The number of hydrogen-bond donors (Lipinski definition) is 1. The summed E-state index contributed by atoms with van der Waals surface area (Å²) in [7, 11) is 0. The molecule has 0 saturated carbocycles. The highest BCUT2D eigenvalue weighted by atomic mass is 35.5. The van der Waals surface area contributed by atoms with Crippen LogP contribution in [0.25, 0.3) is 0 Å². The number of hydrogen-bond acceptors (Lipinski definition) is 3. The van der Waals surface area contributed by atoms with E-state index in [1.807, 2.05) is 6.07 Å². The van der Waals surface area contributed by atoms with Crippen LogP contribution in [-0.2, 0) is 0 Å². The zero-order valence-electron chi connectivity index (χ0n) is 11.9. The van der Waals surface area contributed by atoms with Crippen molar-refractivity contribution in [1.29, 1.82) is 0 Å². The van der Waals surface area contributed by atoms with Crippen LogP contribution in [0.2, 0.25) is 10.0 Å². The SMILES string of the molecule is C#CCOc1cccc(/C=N\NC(=O)c2ccc(Cl)cc2Cl)c1. The standard InChI is InChI=1S/C17H12Cl2N2O2/c1-2-8-23-14-5-3-4-12(9-14)11-20-21-17(22)15-7-6-13(18)10-16(15)19/h1,3-7,9-11H,8H2,(H,21,22)/b20-11-. The fraction of sp³-hybridized carbons (Fsp3) is 0.0588. The maximum atomic E-state index is 12.0. The van der Waals surface area contributed by atoms with Gasteiger partial charge in [0, 0.05) is 5.02 Å². The normalized spacial score (nSPS) is 10.3. The highest BCUT2D eigenvalue weighted by Crippen LogP contribution is 2.20. The maximum Gasteiger partial charge on any atom is 0.272 e. The smallest absolute Gasteiger partial charge is 0.272 e. The van der Waals surface area contributed by atoms with Gasteiger partial charge < -0.3 is 4.74 Å². The van der Waals surface area contributed by atoms with Crippen molar-refractivity contribution in [2.45, 2.75) is 0 Å². The molecule has 2 rings (SSSR count). The van der Waals surface area contributed by atoms with Gasteiger partial charge in [-0.05, 0) is 35.9 Å². The maximum absolute atomic E-state index is 12.0. The summed E-state index contributed by atoms with van der Waals surface area (Å²) in [6.07, 6.45) is 6.63. The van der Waals surface area contributed by atoms with Crippen LogP contribution in [-0.4, -0.2) is 18.7 Å². The predicted molar refractivity (Wildman–Crippen MR) is 92.3 cm³/mol. The van der Waals surface area contributed by atoms with Gasteiger partial charge in [0.25, 0.3) is 5.91 Å². The Morgan fingerprint density at radius 2 is 2.13 bits per heavy atom. The number of amides is 1. The van der Waals surface area contributed by atoms with Crippen LogP contribution >= 0.6 is 23.2 Å². The van der Waals surface area contributed by atoms with E-state index in [-0.39, 0.29) is 11.6 Å². The van der Waals surface area contributed by atoms with Crippen molar-refractivity contribution < 1.29 is 9.53 Å². The molecular formula is C17H12Cl2N2O2. The Kier molecular flexibility index (Phi) is 6.04. The lowest BCUT2D eigenvalue weighted by molar-refractivity contribution is 0.0955. The van der Waals surface area contributed by atoms with Gasteiger partial charge in [0.1, 0.15) is 12.4 Å². The molecule has 0 fully saturated rings. The van der Waals surface area contributed by atoms with Gasteiger partial charge >= 0.3 is 0 Å². The van der Waals surface area contributed by atoms with Crippen molar-refractivity contribution in [1.82, 2.24) is 5.43 Å². The molecule has 0 aromatic heterocycles. The van der Waals surface area contributed by atoms with Crippen molar-refractivity contribution in [3.63, 3.8) is 0 Å². The lowest BCUT2D eigenvalue weighted by Gasteiger charge is -2.04. The summed E-state index contributed by atoms with van der Waals surface area (Å²) < 4.78 is 5.30. The Labute approximate surface area is 144 Å². The van der Waals surface area contributed by atoms with Gasteiger partial charge in [-0.15, -0.1) is 6.42 Å². The lowest BCUT2D eigenvalue weighted by Crippen LogP contribution is -2.18. The Morgan fingerprint density at radius 1 is 1.30 bits per heavy atom. The van der Waals surface area contributed by atoms with Gasteiger partial charge in [-0.25, -0.2) is 5.43 Å². The summed E-state index contributed by atoms with van der Waals surface area (Å²) in [5.41, 5.74) is 3.44. The van der Waals surface area contributed by atoms with Crippen LogP contribution in [0.4, 0.5) is 0 Å². The summed E-state index contributed by atoms with van der Waals surface area (Å²) in [6, 6.07) is 11.7. The second-order valence-electron chi connectivity index (χ2n) is 4.39. The molecule has 0 spiro atoms. The topological polar surface area (TPSA) is 50.7 Å². The first-order valence-electron chi connectivity index (χ1n) is 6.55. The van der Waals surface area contributed by atoms with Crippen molar-refractivity contribution in [2.75, 3.05) is 6.61 Å². The van der Waals surface area contributed by atoms with E-state index >= 15 is 0 Å². The summed E-state index contributed by atoms with van der Waals surface area (Å²) in [5.74, 6) is 2.58. The Morgan fingerprint density at radius 3 is 2.87 bits per heavy atom. The Bertz CT molecular complexity index is 782. The second kappa shape index (κ2) is 8.23. The van der Waals surface area contributed by atoms with Gasteiger partial charge in [-0.1, -0.05) is 41.3 Å². The highest BCUT2D eigenvalue weighted by Gasteiger charge is 2.09. The third kappa shape index (κ3) is 5.03. The van der Waals surface area contributed by atoms with E-state index in [9.17, 15) is 4.79 Å². The molecule has 0 aliphatic rings. The number of ether oxygens (including phenoxy) is 1. The van der Waals surface area contributed by atoms with Crippen molar-refractivity contribution in [3.8, 4) is 18.1 Å². The van der Waals surface area contributed by atoms with Crippen molar-refractivity contribution in [2.24, 2.45) is 5.10 Å². The minimum Gasteiger partial charge on any atom is -0.481 e. The molecule has 0 unspecified atom stereocenters. The third-order valence-electron chi connectivity index (χ3n) is 2.74. The molecule has 0 aliphatic heterocycles. The van der Waals surface area contributed by atoms with Crippen LogP contribution in [0, 0.1) is 12.3 Å². The number of halogens is 2. The van der Waals surface area contributed by atoms with E-state index in [1.165, 1.54) is 18.3 Å². The van der Waals surface area contributed by atoms with Gasteiger partial charge in [0.05, 0.1) is 16.8 Å². The van der Waals surface area contributed by atoms with Crippen LogP contribution in [0.5, 0.6) is 5.75 Å². The quantitative estimate of drug-likeness (QED) is 0.509. The number of terminal acetylenes is 1. The Balaban J connectivity index is 2.01. The summed E-state index contributed by atoms with van der Waals surface area (Å²) >= 11 is 11.7. The molecule has 6 heteroatoms. The fourth-order valence-electron chi connectivity index (χ4n) is 1.71. The first-order chi connectivity index (χ1) is 11.1. The second-order valence-corrected chi connectivity index (χ2v) is 5.23. The van der Waals surface area contributed by atoms with E-state index in [1.54, 1.807) is 24.3 Å². The average molecular weight is 347 g/mol. The molecule has 1 amide bonds. The van der Waals surface area contributed by atoms with Crippen LogP contribution in [0.1, 0.15) is 15.9 Å². The largest absolute Gasteiger partial charge is 0.481 e. The molecule has 0 heterocycles. The van der Waals surface area contributed by atoms with Crippen LogP contribution < -0.4 is 10.2 Å². The fourth-order valence-corrected chi connectivity index (χ4v) is 2.20. The molecule has 2 aromatic carbocycles. The number of benzene rings is 2. The monoisotopic (exact) mass is 346 g/mol. The van der Waals surface area contributed by atoms with E-state index in [0.29, 0.717) is 16.3 Å². The molecule has 0 atom stereocenters. The van der Waals surface area contributed by atoms with Gasteiger partial charge in [0.2, 0.25) is 0 Å². The van der Waals surface area contributed by atoms with Crippen molar-refractivity contribution in [3.05, 3.63) is 63.6 Å². The van der Waals surface area contributed by atoms with Gasteiger partial charge in [-0.2, -0.15) is 5.10 Å². The number of carbonyl (C=O) groups is 1. The molecule has 0 radical (unpaired) electrons. The molecule has 1 N–H and O–H groups in total. The number of nitrogens with zero attached hydrogens (tertiary/aromatic N) is 1. The molecule has 0 bridgehead atoms.